The number of rotatable bonds is 13. The highest BCUT2D eigenvalue weighted by molar-refractivity contribution is 6.08. The van der Waals surface area contributed by atoms with Crippen molar-refractivity contribution in [1.29, 1.82) is 0 Å². The molecule has 15 nitrogen and oxygen atoms in total. The number of imidazole rings is 1. The first-order valence-corrected chi connectivity index (χ1v) is 18.6. The molecule has 0 spiro atoms. The Kier molecular flexibility index (Phi) is 12.9. The first kappa shape index (κ1) is 38.0. The van der Waals surface area contributed by atoms with Crippen LogP contribution in [0.15, 0.2) is 61.1 Å². The highest BCUT2D eigenvalue weighted by Gasteiger charge is 2.21. The molecule has 286 valence electrons. The molecule has 15 heteroatoms. The molecule has 2 aliphatic rings. The summed E-state index contributed by atoms with van der Waals surface area (Å²) in [4.78, 5) is 45.8. The lowest BCUT2D eigenvalue weighted by molar-refractivity contribution is -0.125. The summed E-state index contributed by atoms with van der Waals surface area (Å²) < 4.78 is 12.5. The monoisotopic (exact) mass is 738 g/mol. The number of aromatic nitrogens is 5. The van der Waals surface area contributed by atoms with Crippen molar-refractivity contribution < 1.29 is 23.9 Å². The molecule has 3 aromatic heterocycles. The van der Waals surface area contributed by atoms with Crippen molar-refractivity contribution in [1.82, 2.24) is 35.0 Å². The number of carbonyl (C=O) groups excluding carboxylic acids is 3. The number of carbonyl (C=O) groups is 3. The SMILES string of the molecule is COc1cc(N2CCN(CCC3CCCCC3)CC2)ccc1N(C)CCC(=O)NC=O.COc1cc2[nH]ncc2cc1C(=O)Nc1cnc2cccnn12. The largest absolute Gasteiger partial charge is 0.496 e. The second kappa shape index (κ2) is 18.4. The number of imide groups is 1. The van der Waals surface area contributed by atoms with Gasteiger partial charge in [-0.1, -0.05) is 32.1 Å². The molecule has 2 aromatic carbocycles. The second-order valence-electron chi connectivity index (χ2n) is 13.7. The Morgan fingerprint density at radius 2 is 1.80 bits per heavy atom. The highest BCUT2D eigenvalue weighted by Crippen LogP contribution is 2.33. The summed E-state index contributed by atoms with van der Waals surface area (Å²) in [5.41, 5.74) is 3.98. The number of nitrogens with one attached hydrogen (secondary N) is 3. The van der Waals surface area contributed by atoms with Crippen molar-refractivity contribution in [2.45, 2.75) is 44.9 Å². The number of H-pyrrole nitrogens is 1. The van der Waals surface area contributed by atoms with Crippen molar-refractivity contribution in [2.24, 2.45) is 5.92 Å². The maximum Gasteiger partial charge on any atom is 0.260 e. The topological polar surface area (TPSA) is 162 Å². The van der Waals surface area contributed by atoms with Crippen LogP contribution in [0.4, 0.5) is 17.2 Å². The van der Waals surface area contributed by atoms with Crippen LogP contribution in [0.25, 0.3) is 16.6 Å². The van der Waals surface area contributed by atoms with Gasteiger partial charge in [-0.15, -0.1) is 0 Å². The second-order valence-corrected chi connectivity index (χ2v) is 13.7. The average Bonchev–Trinajstić information content (AvgIpc) is 3.86. The third-order valence-electron chi connectivity index (χ3n) is 10.3. The molecular weight excluding hydrogens is 688 g/mol. The van der Waals surface area contributed by atoms with Gasteiger partial charge in [-0.3, -0.25) is 29.7 Å². The van der Waals surface area contributed by atoms with Gasteiger partial charge in [0.25, 0.3) is 5.91 Å². The molecule has 3 N–H and O–H groups in total. The summed E-state index contributed by atoms with van der Waals surface area (Å²) in [6.45, 7) is 6.05. The van der Waals surface area contributed by atoms with E-state index in [9.17, 15) is 14.4 Å². The molecule has 0 radical (unpaired) electrons. The van der Waals surface area contributed by atoms with Crippen molar-refractivity contribution in [3.63, 3.8) is 0 Å². The summed E-state index contributed by atoms with van der Waals surface area (Å²) in [6.07, 6.45) is 14.0. The summed E-state index contributed by atoms with van der Waals surface area (Å²) >= 11 is 0. The summed E-state index contributed by atoms with van der Waals surface area (Å²) in [7, 11) is 5.12. The quantitative estimate of drug-likeness (QED) is 0.143. The molecule has 54 heavy (non-hydrogen) atoms. The molecule has 0 atom stereocenters. The minimum absolute atomic E-state index is 0.253. The van der Waals surface area contributed by atoms with Crippen LogP contribution in [0.5, 0.6) is 11.5 Å². The molecule has 1 saturated carbocycles. The maximum absolute atomic E-state index is 12.6. The zero-order valence-electron chi connectivity index (χ0n) is 31.3. The van der Waals surface area contributed by atoms with Crippen LogP contribution in [-0.4, -0.2) is 108 Å². The van der Waals surface area contributed by atoms with E-state index in [0.717, 1.165) is 54.4 Å². The number of piperazine rings is 1. The van der Waals surface area contributed by atoms with Crippen LogP contribution < -0.4 is 29.9 Å². The van der Waals surface area contributed by atoms with E-state index in [1.165, 1.54) is 57.9 Å². The van der Waals surface area contributed by atoms with Gasteiger partial charge >= 0.3 is 0 Å². The van der Waals surface area contributed by atoms with Crippen LogP contribution in [0, 0.1) is 5.92 Å². The fraction of sp³-hybridized carbons (Fsp3) is 0.436. The van der Waals surface area contributed by atoms with Crippen molar-refractivity contribution in [3.05, 3.63) is 66.6 Å². The van der Waals surface area contributed by atoms with Gasteiger partial charge in [0.05, 0.1) is 43.4 Å². The summed E-state index contributed by atoms with van der Waals surface area (Å²) in [6, 6.07) is 13.3. The number of methoxy groups -OCH3 is 2. The number of benzene rings is 2. The minimum atomic E-state index is -0.308. The van der Waals surface area contributed by atoms with Crippen LogP contribution in [0.2, 0.25) is 0 Å². The van der Waals surface area contributed by atoms with Crippen LogP contribution in [-0.2, 0) is 9.59 Å². The van der Waals surface area contributed by atoms with Gasteiger partial charge in [0.2, 0.25) is 12.3 Å². The predicted octanol–water partition coefficient (Wildman–Crippen LogP) is 4.75. The fourth-order valence-corrected chi connectivity index (χ4v) is 7.19. The van der Waals surface area contributed by atoms with E-state index >= 15 is 0 Å². The first-order chi connectivity index (χ1) is 26.4. The molecule has 2 fully saturated rings. The number of hydrogen-bond donors (Lipinski definition) is 3. The van der Waals surface area contributed by atoms with Gasteiger partial charge in [-0.2, -0.15) is 14.7 Å². The van der Waals surface area contributed by atoms with Crippen LogP contribution in [0.1, 0.15) is 55.3 Å². The van der Waals surface area contributed by atoms with Crippen LogP contribution >= 0.6 is 0 Å². The van der Waals surface area contributed by atoms with E-state index in [2.05, 4.69) is 58.9 Å². The van der Waals surface area contributed by atoms with Gasteiger partial charge < -0.3 is 24.6 Å². The van der Waals surface area contributed by atoms with Crippen LogP contribution in [0.3, 0.4) is 0 Å². The Morgan fingerprint density at radius 3 is 2.56 bits per heavy atom. The van der Waals surface area contributed by atoms with E-state index in [4.69, 9.17) is 9.47 Å². The predicted molar refractivity (Wildman–Crippen MR) is 209 cm³/mol. The molecule has 3 amide bonds. The molecule has 0 unspecified atom stereocenters. The average molecular weight is 739 g/mol. The number of anilines is 3. The van der Waals surface area contributed by atoms with Crippen molar-refractivity contribution in [2.75, 3.05) is 75.7 Å². The smallest absolute Gasteiger partial charge is 0.260 e. The standard InChI is InChI=1S/C24H38N4O3.C15H12N6O2/c1-26(12-11-24(30)25-19-29)22-9-8-21(18-23(22)31-2)28-16-14-27(15-17-28)13-10-20-6-4-3-5-7-20;1-23-12-6-11-9(7-17-20-11)5-10(12)15(22)19-14-8-16-13-3-2-4-18-21(13)14/h8-9,18-20H,3-7,10-17H2,1-2H3,(H,25,29,30);2-8H,1H3,(H,17,20)(H,19,22). The van der Waals surface area contributed by atoms with E-state index in [-0.39, 0.29) is 18.2 Å². The van der Waals surface area contributed by atoms with Gasteiger partial charge in [-0.25, -0.2) is 4.98 Å². The minimum Gasteiger partial charge on any atom is -0.496 e. The van der Waals surface area contributed by atoms with Crippen molar-refractivity contribution >= 4 is 52.0 Å². The molecular formula is C39H50N10O5. The number of hydrogen-bond acceptors (Lipinski definition) is 11. The van der Waals surface area contributed by atoms with Gasteiger partial charge in [-0.05, 0) is 49.2 Å². The number of amides is 3. The Morgan fingerprint density at radius 1 is 1.00 bits per heavy atom. The fourth-order valence-electron chi connectivity index (χ4n) is 7.19. The third kappa shape index (κ3) is 9.44. The number of fused-ring (bicyclic) bond motifs is 2. The molecule has 7 rings (SSSR count). The number of nitrogens with zero attached hydrogens (tertiary/aromatic N) is 7. The Hall–Kier alpha value is -5.70. The van der Waals surface area contributed by atoms with E-state index in [1.54, 1.807) is 54.5 Å². The zero-order chi connectivity index (χ0) is 37.9. The lowest BCUT2D eigenvalue weighted by Crippen LogP contribution is -2.46. The van der Waals surface area contributed by atoms with E-state index < -0.39 is 0 Å². The lowest BCUT2D eigenvalue weighted by Gasteiger charge is -2.37. The van der Waals surface area contributed by atoms with Gasteiger partial charge in [0.15, 0.2) is 11.5 Å². The van der Waals surface area contributed by atoms with Crippen molar-refractivity contribution in [3.8, 4) is 11.5 Å². The third-order valence-corrected chi connectivity index (χ3v) is 10.3. The normalized spacial score (nSPS) is 15.0. The lowest BCUT2D eigenvalue weighted by atomic mass is 9.87. The van der Waals surface area contributed by atoms with Gasteiger partial charge in [0.1, 0.15) is 11.5 Å². The Balaban J connectivity index is 0.000000192. The molecule has 1 aliphatic heterocycles. The Bertz CT molecular complexity index is 2020. The molecule has 4 heterocycles. The highest BCUT2D eigenvalue weighted by atomic mass is 16.5. The molecule has 1 saturated heterocycles. The Labute approximate surface area is 315 Å². The maximum atomic E-state index is 12.6. The first-order valence-electron chi connectivity index (χ1n) is 18.6. The van der Waals surface area contributed by atoms with E-state index in [0.29, 0.717) is 35.7 Å². The zero-order valence-corrected chi connectivity index (χ0v) is 31.3. The van der Waals surface area contributed by atoms with Gasteiger partial charge in [0, 0.05) is 75.6 Å². The molecule has 0 bridgehead atoms. The summed E-state index contributed by atoms with van der Waals surface area (Å²) in [5.74, 6) is 2.11. The van der Waals surface area contributed by atoms with E-state index in [1.807, 2.05) is 11.9 Å². The number of aromatic amines is 1. The molecule has 1 aliphatic carbocycles. The number of ether oxygens (including phenoxy) is 2. The molecule has 5 aromatic rings. The summed E-state index contributed by atoms with van der Waals surface area (Å²) in [5, 5.41) is 16.8.